The summed E-state index contributed by atoms with van der Waals surface area (Å²) in [5.41, 5.74) is 5.38. The van der Waals surface area contributed by atoms with Crippen LogP contribution in [0.15, 0.2) is 42.9 Å². The van der Waals surface area contributed by atoms with Crippen molar-refractivity contribution < 1.29 is 9.59 Å². The Balaban J connectivity index is 1.46. The van der Waals surface area contributed by atoms with E-state index in [-0.39, 0.29) is 17.7 Å². The van der Waals surface area contributed by atoms with Crippen LogP contribution in [0.3, 0.4) is 0 Å². The van der Waals surface area contributed by atoms with Crippen molar-refractivity contribution in [3.63, 3.8) is 0 Å². The molecular formula is C17H18ClN5O2. The lowest BCUT2D eigenvalue weighted by atomic mass is 9.96. The molecule has 1 saturated heterocycles. The molecule has 1 aromatic heterocycles. The van der Waals surface area contributed by atoms with Crippen LogP contribution in [0.1, 0.15) is 23.2 Å². The normalized spacial score (nSPS) is 14.8. The van der Waals surface area contributed by atoms with Gasteiger partial charge in [-0.1, -0.05) is 11.6 Å². The number of hydrogen-bond donors (Lipinski definition) is 2. The van der Waals surface area contributed by atoms with Gasteiger partial charge in [-0.3, -0.25) is 25.4 Å². The molecule has 0 aliphatic carbocycles. The lowest BCUT2D eigenvalue weighted by molar-refractivity contribution is -0.126. The summed E-state index contributed by atoms with van der Waals surface area (Å²) in [5, 5.41) is 0.551. The van der Waals surface area contributed by atoms with Gasteiger partial charge in [-0.15, -0.1) is 0 Å². The van der Waals surface area contributed by atoms with Gasteiger partial charge in [-0.05, 0) is 37.1 Å². The number of halogens is 1. The molecule has 25 heavy (non-hydrogen) atoms. The predicted molar refractivity (Wildman–Crippen MR) is 94.0 cm³/mol. The largest absolute Gasteiger partial charge is 0.355 e. The van der Waals surface area contributed by atoms with Crippen LogP contribution in [-0.4, -0.2) is 34.9 Å². The van der Waals surface area contributed by atoms with Crippen LogP contribution in [0, 0.1) is 5.92 Å². The summed E-state index contributed by atoms with van der Waals surface area (Å²) in [7, 11) is 0. The summed E-state index contributed by atoms with van der Waals surface area (Å²) in [4.78, 5) is 34.7. The van der Waals surface area contributed by atoms with Crippen molar-refractivity contribution in [2.45, 2.75) is 12.8 Å². The minimum absolute atomic E-state index is 0.140. The molecule has 2 aromatic rings. The topological polar surface area (TPSA) is 87.2 Å². The van der Waals surface area contributed by atoms with Crippen LogP contribution < -0.4 is 15.8 Å². The van der Waals surface area contributed by atoms with E-state index < -0.39 is 0 Å². The van der Waals surface area contributed by atoms with Gasteiger partial charge in [0.15, 0.2) is 0 Å². The van der Waals surface area contributed by atoms with Crippen molar-refractivity contribution in [2.75, 3.05) is 18.0 Å². The highest BCUT2D eigenvalue weighted by atomic mass is 35.5. The number of benzene rings is 1. The molecule has 130 valence electrons. The number of carbonyl (C=O) groups is 2. The number of piperidine rings is 1. The number of nitrogens with one attached hydrogen (secondary N) is 2. The number of nitrogens with zero attached hydrogens (tertiary/aromatic N) is 3. The molecule has 7 nitrogen and oxygen atoms in total. The van der Waals surface area contributed by atoms with E-state index in [0.717, 1.165) is 18.9 Å². The van der Waals surface area contributed by atoms with Crippen LogP contribution >= 0.6 is 11.6 Å². The molecule has 0 atom stereocenters. The summed E-state index contributed by atoms with van der Waals surface area (Å²) in [6, 6.07) is 6.45. The first-order valence-corrected chi connectivity index (χ1v) is 8.38. The summed E-state index contributed by atoms with van der Waals surface area (Å²) in [6.45, 7) is 1.45. The van der Waals surface area contributed by atoms with Gasteiger partial charge in [-0.25, -0.2) is 4.98 Å². The lowest BCUT2D eigenvalue weighted by Gasteiger charge is -2.31. The highest BCUT2D eigenvalue weighted by molar-refractivity contribution is 6.30. The van der Waals surface area contributed by atoms with E-state index in [1.807, 2.05) is 0 Å². The van der Waals surface area contributed by atoms with Crippen molar-refractivity contribution >= 4 is 29.2 Å². The van der Waals surface area contributed by atoms with Crippen molar-refractivity contribution in [3.05, 3.63) is 53.4 Å². The average molecular weight is 360 g/mol. The van der Waals surface area contributed by atoms with Crippen molar-refractivity contribution in [3.8, 4) is 0 Å². The fraction of sp³-hybridized carbons (Fsp3) is 0.294. The van der Waals surface area contributed by atoms with Crippen LogP contribution in [0.25, 0.3) is 0 Å². The van der Waals surface area contributed by atoms with Crippen molar-refractivity contribution in [1.29, 1.82) is 0 Å². The lowest BCUT2D eigenvalue weighted by Crippen LogP contribution is -2.47. The van der Waals surface area contributed by atoms with Gasteiger partial charge >= 0.3 is 0 Å². The minimum atomic E-state index is -0.373. The maximum Gasteiger partial charge on any atom is 0.269 e. The molecule has 0 saturated carbocycles. The SMILES string of the molecule is O=C(NNC(=O)C1CCN(c2cnccn2)CC1)c1ccc(Cl)cc1. The van der Waals surface area contributed by atoms with E-state index in [0.29, 0.717) is 23.4 Å². The number of rotatable bonds is 3. The summed E-state index contributed by atoms with van der Waals surface area (Å²) in [5.74, 6) is 0.124. The smallest absolute Gasteiger partial charge is 0.269 e. The molecule has 8 heteroatoms. The van der Waals surface area contributed by atoms with E-state index in [2.05, 4.69) is 25.7 Å². The van der Waals surface area contributed by atoms with E-state index in [4.69, 9.17) is 11.6 Å². The Labute approximate surface area is 150 Å². The molecular weight excluding hydrogens is 342 g/mol. The summed E-state index contributed by atoms with van der Waals surface area (Å²) >= 11 is 5.79. The van der Waals surface area contributed by atoms with E-state index >= 15 is 0 Å². The summed E-state index contributed by atoms with van der Waals surface area (Å²) in [6.07, 6.45) is 6.39. The summed E-state index contributed by atoms with van der Waals surface area (Å²) < 4.78 is 0. The first-order valence-electron chi connectivity index (χ1n) is 8.00. The Bertz CT molecular complexity index is 730. The Morgan fingerprint density at radius 3 is 2.44 bits per heavy atom. The van der Waals surface area contributed by atoms with Crippen LogP contribution in [0.2, 0.25) is 5.02 Å². The van der Waals surface area contributed by atoms with Crippen LogP contribution in [0.4, 0.5) is 5.82 Å². The molecule has 0 bridgehead atoms. The Morgan fingerprint density at radius 1 is 1.08 bits per heavy atom. The molecule has 2 amide bonds. The highest BCUT2D eigenvalue weighted by Gasteiger charge is 2.26. The Kier molecular flexibility index (Phi) is 5.45. The molecule has 0 radical (unpaired) electrons. The van der Waals surface area contributed by atoms with Gasteiger partial charge in [0, 0.05) is 42.0 Å². The Morgan fingerprint density at radius 2 is 1.80 bits per heavy atom. The highest BCUT2D eigenvalue weighted by Crippen LogP contribution is 2.21. The standard InChI is InChI=1S/C17H18ClN5O2/c18-14-3-1-12(2-4-14)16(24)21-22-17(25)13-5-9-23(10-6-13)15-11-19-7-8-20-15/h1-4,7-8,11,13H,5-6,9-10H2,(H,21,24)(H,22,25). The number of hydrogen-bond acceptors (Lipinski definition) is 5. The number of carbonyl (C=O) groups excluding carboxylic acids is 2. The van der Waals surface area contributed by atoms with Gasteiger partial charge in [0.1, 0.15) is 5.82 Å². The first kappa shape index (κ1) is 17.2. The van der Waals surface area contributed by atoms with Gasteiger partial charge in [0.2, 0.25) is 5.91 Å². The third-order valence-electron chi connectivity index (χ3n) is 4.14. The zero-order valence-electron chi connectivity index (χ0n) is 13.5. The first-order chi connectivity index (χ1) is 12.1. The number of hydrazine groups is 1. The third-order valence-corrected chi connectivity index (χ3v) is 4.40. The van der Waals surface area contributed by atoms with Gasteiger partial charge in [0.25, 0.3) is 5.91 Å². The van der Waals surface area contributed by atoms with Crippen molar-refractivity contribution in [1.82, 2.24) is 20.8 Å². The maximum atomic E-state index is 12.2. The minimum Gasteiger partial charge on any atom is -0.355 e. The zero-order valence-corrected chi connectivity index (χ0v) is 14.2. The molecule has 0 unspecified atom stereocenters. The average Bonchev–Trinajstić information content (AvgIpc) is 2.67. The number of amides is 2. The number of aromatic nitrogens is 2. The second-order valence-corrected chi connectivity index (χ2v) is 6.21. The second-order valence-electron chi connectivity index (χ2n) is 5.78. The quantitative estimate of drug-likeness (QED) is 0.816. The molecule has 2 N–H and O–H groups in total. The molecule has 2 heterocycles. The molecule has 0 spiro atoms. The molecule has 1 aliphatic heterocycles. The Hall–Kier alpha value is -2.67. The van der Waals surface area contributed by atoms with E-state index in [9.17, 15) is 9.59 Å². The van der Waals surface area contributed by atoms with Gasteiger partial charge in [-0.2, -0.15) is 0 Å². The van der Waals surface area contributed by atoms with Crippen LogP contribution in [0.5, 0.6) is 0 Å². The molecule has 1 fully saturated rings. The van der Waals surface area contributed by atoms with Crippen LogP contribution in [-0.2, 0) is 4.79 Å². The maximum absolute atomic E-state index is 12.2. The van der Waals surface area contributed by atoms with Gasteiger partial charge in [0.05, 0.1) is 6.20 Å². The predicted octanol–water partition coefficient (Wildman–Crippen LogP) is 1.81. The molecule has 1 aliphatic rings. The fourth-order valence-corrected chi connectivity index (χ4v) is 2.85. The number of anilines is 1. The van der Waals surface area contributed by atoms with E-state index in [1.165, 1.54) is 0 Å². The molecule has 1 aromatic carbocycles. The third kappa shape index (κ3) is 4.45. The second kappa shape index (κ2) is 7.94. The zero-order chi connectivity index (χ0) is 17.6. The monoisotopic (exact) mass is 359 g/mol. The van der Waals surface area contributed by atoms with Gasteiger partial charge < -0.3 is 4.90 Å². The fourth-order valence-electron chi connectivity index (χ4n) is 2.72. The van der Waals surface area contributed by atoms with Crippen molar-refractivity contribution in [2.24, 2.45) is 5.92 Å². The molecule has 3 rings (SSSR count). The van der Waals surface area contributed by atoms with E-state index in [1.54, 1.807) is 42.9 Å².